The van der Waals surface area contributed by atoms with Gasteiger partial charge in [0.1, 0.15) is 17.9 Å². The van der Waals surface area contributed by atoms with Crippen molar-refractivity contribution in [3.63, 3.8) is 0 Å². The molecule has 1 spiro atoms. The number of carbonyl (C=O) groups is 1. The summed E-state index contributed by atoms with van der Waals surface area (Å²) in [5.74, 6) is 1.82. The lowest BCUT2D eigenvalue weighted by molar-refractivity contribution is -0.128. The number of benzene rings is 1. The molecule has 4 heterocycles. The first kappa shape index (κ1) is 19.0. The summed E-state index contributed by atoms with van der Waals surface area (Å²) in [6.07, 6.45) is 2.08. The van der Waals surface area contributed by atoms with E-state index in [0.717, 1.165) is 46.8 Å². The molecule has 3 aromatic rings. The quantitative estimate of drug-likeness (QED) is 0.659. The second-order valence-electron chi connectivity index (χ2n) is 8.42. The largest absolute Gasteiger partial charge is 0.379 e. The molecule has 156 valence electrons. The van der Waals surface area contributed by atoms with Gasteiger partial charge in [-0.15, -0.1) is 0 Å². The fraction of sp³-hybridized carbons (Fsp3) is 0.455. The lowest BCUT2D eigenvalue weighted by Gasteiger charge is -2.32. The topological polar surface area (TPSA) is 84.6 Å². The summed E-state index contributed by atoms with van der Waals surface area (Å²) in [5, 5.41) is 5.05. The molecule has 0 unspecified atom stereocenters. The van der Waals surface area contributed by atoms with Gasteiger partial charge in [-0.1, -0.05) is 17.3 Å². The maximum absolute atomic E-state index is 12.9. The molecule has 2 aliphatic heterocycles. The van der Waals surface area contributed by atoms with Crippen LogP contribution in [-0.4, -0.2) is 58.8 Å². The number of aromatic nitrogens is 3. The van der Waals surface area contributed by atoms with E-state index in [0.29, 0.717) is 32.7 Å². The Morgan fingerprint density at radius 3 is 2.87 bits per heavy atom. The van der Waals surface area contributed by atoms with E-state index in [1.54, 1.807) is 6.33 Å². The van der Waals surface area contributed by atoms with Crippen LogP contribution in [-0.2, 0) is 16.1 Å². The molecule has 0 radical (unpaired) electrons. The van der Waals surface area contributed by atoms with E-state index in [1.165, 1.54) is 0 Å². The SMILES string of the molecule is Cc1noc(C)c1CN1C[C@@]2(COCCN(c3ncnc4ccccc34)C2)CC1=O. The molecule has 2 aromatic heterocycles. The van der Waals surface area contributed by atoms with Crippen LogP contribution in [0.15, 0.2) is 35.1 Å². The fourth-order valence-corrected chi connectivity index (χ4v) is 4.66. The number of ether oxygens (including phenoxy) is 1. The number of hydrogen-bond donors (Lipinski definition) is 0. The van der Waals surface area contributed by atoms with Crippen LogP contribution in [0.1, 0.15) is 23.4 Å². The van der Waals surface area contributed by atoms with Crippen LogP contribution in [0.4, 0.5) is 5.82 Å². The molecule has 2 fully saturated rings. The second kappa shape index (κ2) is 7.36. The molecule has 8 nitrogen and oxygen atoms in total. The van der Waals surface area contributed by atoms with Crippen molar-refractivity contribution in [1.82, 2.24) is 20.0 Å². The molecule has 1 atom stereocenters. The third-order valence-corrected chi connectivity index (χ3v) is 6.20. The number of para-hydroxylation sites is 1. The number of fused-ring (bicyclic) bond motifs is 1. The van der Waals surface area contributed by atoms with Crippen LogP contribution in [0, 0.1) is 19.3 Å². The average molecular weight is 407 g/mol. The first-order valence-electron chi connectivity index (χ1n) is 10.3. The third kappa shape index (κ3) is 3.31. The standard InChI is InChI=1S/C22H25N5O3/c1-15-18(16(2)30-25-15)10-27-12-22(9-20(27)28)11-26(7-8-29-13-22)21-17-5-3-4-6-19(17)23-14-24-21/h3-6,14H,7-13H2,1-2H3/t22-/m1/s1. The van der Waals surface area contributed by atoms with Gasteiger partial charge < -0.3 is 19.1 Å². The van der Waals surface area contributed by atoms with Crippen LogP contribution < -0.4 is 4.90 Å². The van der Waals surface area contributed by atoms with Crippen molar-refractivity contribution in [2.45, 2.75) is 26.8 Å². The minimum atomic E-state index is -0.265. The molecule has 0 aliphatic carbocycles. The van der Waals surface area contributed by atoms with Crippen molar-refractivity contribution in [3.05, 3.63) is 47.6 Å². The monoisotopic (exact) mass is 407 g/mol. The van der Waals surface area contributed by atoms with Crippen molar-refractivity contribution in [1.29, 1.82) is 0 Å². The van der Waals surface area contributed by atoms with E-state index in [4.69, 9.17) is 9.26 Å². The molecule has 30 heavy (non-hydrogen) atoms. The molecule has 0 N–H and O–H groups in total. The summed E-state index contributed by atoms with van der Waals surface area (Å²) in [7, 11) is 0. The molecule has 5 rings (SSSR count). The Morgan fingerprint density at radius 1 is 1.17 bits per heavy atom. The number of anilines is 1. The number of hydrogen-bond acceptors (Lipinski definition) is 7. The smallest absolute Gasteiger partial charge is 0.223 e. The highest BCUT2D eigenvalue weighted by molar-refractivity contribution is 5.89. The Balaban J connectivity index is 1.42. The Labute approximate surface area is 174 Å². The molecular weight excluding hydrogens is 382 g/mol. The van der Waals surface area contributed by atoms with Crippen LogP contribution in [0.5, 0.6) is 0 Å². The van der Waals surface area contributed by atoms with Gasteiger partial charge in [-0.2, -0.15) is 0 Å². The molecule has 1 aromatic carbocycles. The Kier molecular flexibility index (Phi) is 4.66. The van der Waals surface area contributed by atoms with Crippen LogP contribution in [0.25, 0.3) is 10.9 Å². The summed E-state index contributed by atoms with van der Waals surface area (Å²) in [5.41, 5.74) is 2.49. The first-order valence-corrected chi connectivity index (χ1v) is 10.3. The number of carbonyl (C=O) groups excluding carboxylic acids is 1. The summed E-state index contributed by atoms with van der Waals surface area (Å²) >= 11 is 0. The maximum atomic E-state index is 12.9. The number of amides is 1. The summed E-state index contributed by atoms with van der Waals surface area (Å²) in [6.45, 7) is 7.61. The minimum absolute atomic E-state index is 0.146. The van der Waals surface area contributed by atoms with E-state index in [1.807, 2.05) is 43.0 Å². The minimum Gasteiger partial charge on any atom is -0.379 e. The van der Waals surface area contributed by atoms with Crippen molar-refractivity contribution in [2.75, 3.05) is 37.7 Å². The first-order chi connectivity index (χ1) is 14.5. The van der Waals surface area contributed by atoms with Gasteiger partial charge in [0.05, 0.1) is 31.0 Å². The lowest BCUT2D eigenvalue weighted by Crippen LogP contribution is -2.41. The average Bonchev–Trinajstić information content (AvgIpc) is 3.13. The number of aryl methyl sites for hydroxylation is 2. The number of likely N-dealkylation sites (tertiary alicyclic amines) is 1. The maximum Gasteiger partial charge on any atom is 0.223 e. The van der Waals surface area contributed by atoms with Gasteiger partial charge >= 0.3 is 0 Å². The van der Waals surface area contributed by atoms with Gasteiger partial charge in [0.2, 0.25) is 5.91 Å². The molecule has 0 bridgehead atoms. The zero-order valence-corrected chi connectivity index (χ0v) is 17.3. The van der Waals surface area contributed by atoms with Gasteiger partial charge in [0, 0.05) is 42.4 Å². The molecule has 2 aliphatic rings. The zero-order chi connectivity index (χ0) is 20.7. The van der Waals surface area contributed by atoms with Gasteiger partial charge in [-0.05, 0) is 26.0 Å². The van der Waals surface area contributed by atoms with E-state index < -0.39 is 0 Å². The van der Waals surface area contributed by atoms with Crippen molar-refractivity contribution >= 4 is 22.6 Å². The van der Waals surface area contributed by atoms with Crippen molar-refractivity contribution in [3.8, 4) is 0 Å². The molecular formula is C22H25N5O3. The Morgan fingerprint density at radius 2 is 2.03 bits per heavy atom. The summed E-state index contributed by atoms with van der Waals surface area (Å²) in [4.78, 5) is 26.1. The highest BCUT2D eigenvalue weighted by Crippen LogP contribution is 2.37. The molecule has 0 saturated carbocycles. The van der Waals surface area contributed by atoms with Crippen molar-refractivity contribution < 1.29 is 14.1 Å². The summed E-state index contributed by atoms with van der Waals surface area (Å²) < 4.78 is 11.3. The third-order valence-electron chi connectivity index (χ3n) is 6.20. The summed E-state index contributed by atoms with van der Waals surface area (Å²) in [6, 6.07) is 8.03. The molecule has 8 heteroatoms. The zero-order valence-electron chi connectivity index (χ0n) is 17.3. The highest BCUT2D eigenvalue weighted by Gasteiger charge is 2.46. The van der Waals surface area contributed by atoms with Crippen LogP contribution >= 0.6 is 0 Å². The van der Waals surface area contributed by atoms with E-state index in [-0.39, 0.29) is 11.3 Å². The van der Waals surface area contributed by atoms with Crippen LogP contribution in [0.2, 0.25) is 0 Å². The normalized spacial score (nSPS) is 22.3. The fourth-order valence-electron chi connectivity index (χ4n) is 4.66. The van der Waals surface area contributed by atoms with E-state index >= 15 is 0 Å². The number of rotatable bonds is 3. The molecule has 2 saturated heterocycles. The Bertz CT molecular complexity index is 1070. The van der Waals surface area contributed by atoms with Crippen LogP contribution in [0.3, 0.4) is 0 Å². The predicted molar refractivity (Wildman–Crippen MR) is 111 cm³/mol. The van der Waals surface area contributed by atoms with Gasteiger partial charge in [-0.25, -0.2) is 9.97 Å². The number of nitrogens with zero attached hydrogens (tertiary/aromatic N) is 5. The highest BCUT2D eigenvalue weighted by atomic mass is 16.5. The lowest BCUT2D eigenvalue weighted by atomic mass is 9.87. The van der Waals surface area contributed by atoms with E-state index in [9.17, 15) is 4.79 Å². The van der Waals surface area contributed by atoms with Gasteiger partial charge in [0.15, 0.2) is 0 Å². The second-order valence-corrected chi connectivity index (χ2v) is 8.42. The molecule has 1 amide bonds. The predicted octanol–water partition coefficient (Wildman–Crippen LogP) is 2.49. The van der Waals surface area contributed by atoms with E-state index in [2.05, 4.69) is 20.0 Å². The van der Waals surface area contributed by atoms with Crippen molar-refractivity contribution in [2.24, 2.45) is 5.41 Å². The Hall–Kier alpha value is -3.00. The van der Waals surface area contributed by atoms with Gasteiger partial charge in [0.25, 0.3) is 0 Å². The van der Waals surface area contributed by atoms with Gasteiger partial charge in [-0.3, -0.25) is 4.79 Å².